The Kier molecular flexibility index (Phi) is 5.02. The van der Waals surface area contributed by atoms with Gasteiger partial charge in [0.05, 0.1) is 5.69 Å². The Morgan fingerprint density at radius 1 is 1.21 bits per heavy atom. The van der Waals surface area contributed by atoms with Crippen LogP contribution in [0.4, 0.5) is 13.2 Å². The van der Waals surface area contributed by atoms with E-state index in [1.165, 1.54) is 6.92 Å². The molecule has 3 aromatic rings. The molecule has 5 nitrogen and oxygen atoms in total. The van der Waals surface area contributed by atoms with Crippen LogP contribution in [0.2, 0.25) is 0 Å². The van der Waals surface area contributed by atoms with Crippen LogP contribution < -0.4 is 0 Å². The zero-order valence-electron chi connectivity index (χ0n) is 16.0. The van der Waals surface area contributed by atoms with Gasteiger partial charge in [0.2, 0.25) is 5.91 Å². The lowest BCUT2D eigenvalue weighted by Crippen LogP contribution is -2.28. The molecule has 0 bridgehead atoms. The Balaban J connectivity index is 1.47. The van der Waals surface area contributed by atoms with Gasteiger partial charge in [-0.15, -0.1) is 0 Å². The zero-order valence-corrected chi connectivity index (χ0v) is 16.0. The average Bonchev–Trinajstić information content (AvgIpc) is 3.32. The monoisotopic (exact) mass is 402 g/mol. The van der Waals surface area contributed by atoms with Gasteiger partial charge in [-0.05, 0) is 31.4 Å². The summed E-state index contributed by atoms with van der Waals surface area (Å²) in [6.07, 6.45) is -2.74. The summed E-state index contributed by atoms with van der Waals surface area (Å²) in [5, 5.41) is 4.19. The lowest BCUT2D eigenvalue weighted by atomic mass is 10.1. The maximum absolute atomic E-state index is 13.3. The van der Waals surface area contributed by atoms with E-state index in [9.17, 15) is 18.0 Å². The summed E-state index contributed by atoms with van der Waals surface area (Å²) in [4.78, 5) is 18.5. The molecule has 1 saturated heterocycles. The normalized spacial score (nSPS) is 17.2. The van der Waals surface area contributed by atoms with E-state index in [4.69, 9.17) is 0 Å². The van der Waals surface area contributed by atoms with Crippen molar-refractivity contribution >= 4 is 11.6 Å². The maximum atomic E-state index is 13.3. The van der Waals surface area contributed by atoms with Gasteiger partial charge in [-0.2, -0.15) is 18.3 Å². The summed E-state index contributed by atoms with van der Waals surface area (Å²) in [5.41, 5.74) is 1.30. The molecule has 2 aromatic heterocycles. The van der Waals surface area contributed by atoms with Crippen LogP contribution >= 0.6 is 0 Å². The summed E-state index contributed by atoms with van der Waals surface area (Å²) in [6.45, 7) is 2.59. The van der Waals surface area contributed by atoms with Gasteiger partial charge < -0.3 is 4.90 Å². The molecule has 1 aliphatic heterocycles. The summed E-state index contributed by atoms with van der Waals surface area (Å²) < 4.78 is 40.9. The highest BCUT2D eigenvalue weighted by molar-refractivity contribution is 5.76. The molecule has 1 unspecified atom stereocenters. The highest BCUT2D eigenvalue weighted by Gasteiger charge is 2.36. The van der Waals surface area contributed by atoms with Gasteiger partial charge in [-0.3, -0.25) is 4.79 Å². The van der Waals surface area contributed by atoms with E-state index in [0.29, 0.717) is 43.7 Å². The standard InChI is InChI=1S/C21H21F3N4O/c1-14-11-18(21(22,23)24)28-19(25-14)12-17(26-28)16-9-10-27(13-16)20(29)8-7-15-5-3-2-4-6-15/h2-6,11-12,16H,7-10,13H2,1H3. The highest BCUT2D eigenvalue weighted by atomic mass is 19.4. The van der Waals surface area contributed by atoms with Crippen LogP contribution in [0.5, 0.6) is 0 Å². The van der Waals surface area contributed by atoms with E-state index in [0.717, 1.165) is 16.1 Å². The van der Waals surface area contributed by atoms with E-state index in [-0.39, 0.29) is 17.5 Å². The topological polar surface area (TPSA) is 50.5 Å². The minimum absolute atomic E-state index is 0.0602. The fraction of sp³-hybridized carbons (Fsp3) is 0.381. The average molecular weight is 402 g/mol. The number of amides is 1. The quantitative estimate of drug-likeness (QED) is 0.663. The Morgan fingerprint density at radius 3 is 2.69 bits per heavy atom. The van der Waals surface area contributed by atoms with E-state index in [1.54, 1.807) is 11.0 Å². The van der Waals surface area contributed by atoms with Crippen molar-refractivity contribution in [1.29, 1.82) is 0 Å². The van der Waals surface area contributed by atoms with Gasteiger partial charge >= 0.3 is 6.18 Å². The number of hydrogen-bond donors (Lipinski definition) is 0. The minimum Gasteiger partial charge on any atom is -0.342 e. The van der Waals surface area contributed by atoms with Crippen molar-refractivity contribution in [3.8, 4) is 0 Å². The molecule has 0 radical (unpaired) electrons. The molecule has 3 heterocycles. The van der Waals surface area contributed by atoms with E-state index in [1.807, 2.05) is 30.3 Å². The number of halogens is 3. The Hall–Kier alpha value is -2.90. The molecule has 0 aliphatic carbocycles. The lowest BCUT2D eigenvalue weighted by Gasteiger charge is -2.16. The van der Waals surface area contributed by atoms with Gasteiger partial charge in [-0.1, -0.05) is 30.3 Å². The van der Waals surface area contributed by atoms with Crippen molar-refractivity contribution in [2.75, 3.05) is 13.1 Å². The molecule has 1 fully saturated rings. The Morgan fingerprint density at radius 2 is 1.97 bits per heavy atom. The molecule has 0 saturated carbocycles. The molecule has 1 aliphatic rings. The second kappa shape index (κ2) is 7.50. The number of benzene rings is 1. The third-order valence-corrected chi connectivity index (χ3v) is 5.29. The van der Waals surface area contributed by atoms with Crippen LogP contribution in [-0.2, 0) is 17.4 Å². The lowest BCUT2D eigenvalue weighted by molar-refractivity contribution is -0.142. The molecule has 1 atom stereocenters. The van der Waals surface area contributed by atoms with Gasteiger partial charge in [0.15, 0.2) is 5.65 Å². The van der Waals surface area contributed by atoms with Crippen molar-refractivity contribution in [2.45, 2.75) is 38.3 Å². The number of carbonyl (C=O) groups is 1. The van der Waals surface area contributed by atoms with E-state index in [2.05, 4.69) is 10.1 Å². The Labute approximate surface area is 166 Å². The van der Waals surface area contributed by atoms with Crippen LogP contribution in [0.25, 0.3) is 5.65 Å². The number of aromatic nitrogens is 3. The SMILES string of the molecule is Cc1cc(C(F)(F)F)n2nc(C3CCN(C(=O)CCc4ccccc4)C3)cc2n1. The molecule has 0 spiro atoms. The molecular formula is C21H21F3N4O. The van der Waals surface area contributed by atoms with Crippen LogP contribution in [0.3, 0.4) is 0 Å². The van der Waals surface area contributed by atoms with Crippen molar-refractivity contribution in [3.63, 3.8) is 0 Å². The molecule has 1 amide bonds. The Bertz CT molecular complexity index is 1030. The number of likely N-dealkylation sites (tertiary alicyclic amines) is 1. The van der Waals surface area contributed by atoms with Crippen molar-refractivity contribution < 1.29 is 18.0 Å². The number of aryl methyl sites for hydroxylation is 2. The van der Waals surface area contributed by atoms with Gasteiger partial charge in [0, 0.05) is 37.2 Å². The zero-order chi connectivity index (χ0) is 20.6. The molecule has 8 heteroatoms. The van der Waals surface area contributed by atoms with Crippen LogP contribution in [0.15, 0.2) is 42.5 Å². The first kappa shape index (κ1) is 19.4. The predicted octanol–water partition coefficient (Wildman–Crippen LogP) is 4.01. The fourth-order valence-corrected chi connectivity index (χ4v) is 3.80. The molecule has 0 N–H and O–H groups in total. The largest absolute Gasteiger partial charge is 0.433 e. The van der Waals surface area contributed by atoms with Crippen LogP contribution in [0, 0.1) is 6.92 Å². The van der Waals surface area contributed by atoms with Gasteiger partial charge in [-0.25, -0.2) is 9.50 Å². The molecular weight excluding hydrogens is 381 g/mol. The number of nitrogens with zero attached hydrogens (tertiary/aromatic N) is 4. The first-order valence-corrected chi connectivity index (χ1v) is 9.57. The minimum atomic E-state index is -4.51. The summed E-state index contributed by atoms with van der Waals surface area (Å²) >= 11 is 0. The first-order chi connectivity index (χ1) is 13.8. The third-order valence-electron chi connectivity index (χ3n) is 5.29. The van der Waals surface area contributed by atoms with Gasteiger partial charge in [0.1, 0.15) is 5.69 Å². The predicted molar refractivity (Wildman–Crippen MR) is 101 cm³/mol. The molecule has 152 valence electrons. The van der Waals surface area contributed by atoms with E-state index < -0.39 is 11.9 Å². The van der Waals surface area contributed by atoms with Crippen LogP contribution in [0.1, 0.15) is 41.4 Å². The maximum Gasteiger partial charge on any atom is 0.433 e. The van der Waals surface area contributed by atoms with Crippen molar-refractivity contribution in [3.05, 3.63) is 65.1 Å². The molecule has 1 aromatic carbocycles. The van der Waals surface area contributed by atoms with Gasteiger partial charge in [0.25, 0.3) is 0 Å². The first-order valence-electron chi connectivity index (χ1n) is 9.57. The summed E-state index contributed by atoms with van der Waals surface area (Å²) in [5.74, 6) is -0.0242. The number of rotatable bonds is 4. The second-order valence-electron chi connectivity index (χ2n) is 7.43. The molecule has 4 rings (SSSR count). The second-order valence-corrected chi connectivity index (χ2v) is 7.43. The van der Waals surface area contributed by atoms with Crippen molar-refractivity contribution in [1.82, 2.24) is 19.5 Å². The number of carbonyl (C=O) groups excluding carboxylic acids is 1. The number of hydrogen-bond acceptors (Lipinski definition) is 3. The fourth-order valence-electron chi connectivity index (χ4n) is 3.80. The molecule has 29 heavy (non-hydrogen) atoms. The van der Waals surface area contributed by atoms with E-state index >= 15 is 0 Å². The summed E-state index contributed by atoms with van der Waals surface area (Å²) in [6, 6.07) is 12.4. The van der Waals surface area contributed by atoms with Crippen LogP contribution in [-0.4, -0.2) is 38.5 Å². The summed E-state index contributed by atoms with van der Waals surface area (Å²) in [7, 11) is 0. The smallest absolute Gasteiger partial charge is 0.342 e. The third kappa shape index (κ3) is 4.11. The highest BCUT2D eigenvalue weighted by Crippen LogP contribution is 2.32. The van der Waals surface area contributed by atoms with Crippen molar-refractivity contribution in [2.24, 2.45) is 0 Å². The number of alkyl halides is 3. The number of fused-ring (bicyclic) bond motifs is 1.